The van der Waals surface area contributed by atoms with Crippen molar-refractivity contribution in [1.29, 1.82) is 0 Å². The third kappa shape index (κ3) is 2.88. The zero-order chi connectivity index (χ0) is 14.0. The van der Waals surface area contributed by atoms with Crippen LogP contribution < -0.4 is 0 Å². The lowest BCUT2D eigenvalue weighted by molar-refractivity contribution is 0.180. The van der Waals surface area contributed by atoms with Crippen molar-refractivity contribution in [1.82, 2.24) is 19.7 Å². The maximum Gasteiger partial charge on any atom is 0.252 e. The van der Waals surface area contributed by atoms with Gasteiger partial charge in [-0.15, -0.1) is 11.6 Å². The molecule has 19 heavy (non-hydrogen) atoms. The third-order valence-corrected chi connectivity index (χ3v) is 3.23. The van der Waals surface area contributed by atoms with E-state index < -0.39 is 0 Å². The molecule has 5 nitrogen and oxygen atoms in total. The van der Waals surface area contributed by atoms with Gasteiger partial charge in [0.05, 0.1) is 18.2 Å². The fraction of sp³-hybridized carbons (Fsp3) is 0.417. The molecule has 0 aliphatic rings. The summed E-state index contributed by atoms with van der Waals surface area (Å²) >= 11 is 12.2. The Balaban J connectivity index is 2.55. The Morgan fingerprint density at radius 2 is 1.89 bits per heavy atom. The summed E-state index contributed by atoms with van der Waals surface area (Å²) in [6.07, 6.45) is 0. The van der Waals surface area contributed by atoms with Gasteiger partial charge in [-0.25, -0.2) is 9.97 Å². The molecule has 0 amide bonds. The Hall–Kier alpha value is -1.17. The first-order chi connectivity index (χ1) is 9.06. The number of halogens is 2. The van der Waals surface area contributed by atoms with E-state index in [0.717, 1.165) is 17.0 Å². The number of aromatic nitrogens is 4. The minimum atomic E-state index is 0.266. The molecule has 0 aliphatic heterocycles. The van der Waals surface area contributed by atoms with Crippen molar-refractivity contribution < 1.29 is 4.74 Å². The van der Waals surface area contributed by atoms with Crippen LogP contribution in [0.4, 0.5) is 0 Å². The van der Waals surface area contributed by atoms with E-state index in [1.54, 1.807) is 7.11 Å². The summed E-state index contributed by atoms with van der Waals surface area (Å²) in [6, 6.07) is 1.89. The van der Waals surface area contributed by atoms with E-state index in [9.17, 15) is 0 Å². The lowest BCUT2D eigenvalue weighted by Crippen LogP contribution is -2.06. The smallest absolute Gasteiger partial charge is 0.252 e. The summed E-state index contributed by atoms with van der Waals surface area (Å²) in [6.45, 7) is 4.14. The molecule has 0 N–H and O–H groups in total. The number of hydrogen-bond acceptors (Lipinski definition) is 4. The second-order valence-corrected chi connectivity index (χ2v) is 4.77. The van der Waals surface area contributed by atoms with Gasteiger partial charge < -0.3 is 4.74 Å². The molecule has 2 aromatic rings. The van der Waals surface area contributed by atoms with E-state index in [1.165, 1.54) is 4.68 Å². The van der Waals surface area contributed by atoms with Crippen LogP contribution in [0.1, 0.15) is 22.6 Å². The monoisotopic (exact) mass is 300 g/mol. The highest BCUT2D eigenvalue weighted by atomic mass is 35.5. The Morgan fingerprint density at radius 1 is 1.26 bits per heavy atom. The SMILES string of the molecule is COCc1nn(-c2nc(C)cc(C)n2)c(Cl)c1CCl. The average molecular weight is 301 g/mol. The number of rotatable bonds is 4. The van der Waals surface area contributed by atoms with Crippen molar-refractivity contribution in [3.8, 4) is 5.95 Å². The van der Waals surface area contributed by atoms with Crippen LogP contribution in [0, 0.1) is 13.8 Å². The van der Waals surface area contributed by atoms with Crippen LogP contribution >= 0.6 is 23.2 Å². The van der Waals surface area contributed by atoms with Crippen LogP contribution in [0.2, 0.25) is 5.15 Å². The van der Waals surface area contributed by atoms with Gasteiger partial charge in [0, 0.05) is 24.1 Å². The molecule has 7 heteroatoms. The van der Waals surface area contributed by atoms with Crippen LogP contribution in [0.25, 0.3) is 5.95 Å². The first kappa shape index (κ1) is 14.2. The third-order valence-electron chi connectivity index (χ3n) is 2.58. The molecule has 0 saturated carbocycles. The van der Waals surface area contributed by atoms with Gasteiger partial charge in [-0.1, -0.05) is 11.6 Å². The van der Waals surface area contributed by atoms with E-state index in [-0.39, 0.29) is 5.88 Å². The minimum absolute atomic E-state index is 0.266. The van der Waals surface area contributed by atoms with Gasteiger partial charge in [0.15, 0.2) is 0 Å². The number of methoxy groups -OCH3 is 1. The number of ether oxygens (including phenoxy) is 1. The number of alkyl halides is 1. The Morgan fingerprint density at radius 3 is 2.42 bits per heavy atom. The van der Waals surface area contributed by atoms with Gasteiger partial charge >= 0.3 is 0 Å². The second kappa shape index (κ2) is 5.86. The van der Waals surface area contributed by atoms with Gasteiger partial charge in [0.2, 0.25) is 0 Å². The maximum absolute atomic E-state index is 6.29. The first-order valence-corrected chi connectivity index (χ1v) is 6.62. The lowest BCUT2D eigenvalue weighted by Gasteiger charge is -2.03. The van der Waals surface area contributed by atoms with Crippen molar-refractivity contribution in [2.75, 3.05) is 7.11 Å². The molecule has 2 rings (SSSR count). The summed E-state index contributed by atoms with van der Waals surface area (Å²) in [5.41, 5.74) is 3.16. The standard InChI is InChI=1S/C12H14Cl2N4O/c1-7-4-8(2)16-12(15-7)18-11(14)9(5-13)10(17-18)6-19-3/h4H,5-6H2,1-3H3. The van der Waals surface area contributed by atoms with E-state index in [0.29, 0.717) is 23.4 Å². The quantitative estimate of drug-likeness (QED) is 0.815. The molecule has 2 aromatic heterocycles. The first-order valence-electron chi connectivity index (χ1n) is 5.70. The Labute approximate surface area is 121 Å². The number of aryl methyl sites for hydroxylation is 2. The number of hydrogen-bond donors (Lipinski definition) is 0. The van der Waals surface area contributed by atoms with Gasteiger partial charge in [0.25, 0.3) is 5.95 Å². The number of nitrogens with zero attached hydrogens (tertiary/aromatic N) is 4. The molecule has 0 radical (unpaired) electrons. The highest BCUT2D eigenvalue weighted by molar-refractivity contribution is 6.31. The Bertz CT molecular complexity index is 577. The summed E-state index contributed by atoms with van der Waals surface area (Å²) in [5, 5.41) is 4.80. The highest BCUT2D eigenvalue weighted by Gasteiger charge is 2.18. The van der Waals surface area contributed by atoms with E-state index in [1.807, 2.05) is 19.9 Å². The summed E-state index contributed by atoms with van der Waals surface area (Å²) in [5.74, 6) is 0.707. The molecule has 102 valence electrons. The second-order valence-electron chi connectivity index (χ2n) is 4.15. The topological polar surface area (TPSA) is 52.8 Å². The minimum Gasteiger partial charge on any atom is -0.378 e. The lowest BCUT2D eigenvalue weighted by atomic mass is 10.3. The van der Waals surface area contributed by atoms with Crippen LogP contribution in [0.5, 0.6) is 0 Å². The maximum atomic E-state index is 6.29. The molecule has 0 aromatic carbocycles. The highest BCUT2D eigenvalue weighted by Crippen LogP contribution is 2.24. The molecule has 0 fully saturated rings. The van der Waals surface area contributed by atoms with Gasteiger partial charge in [0.1, 0.15) is 5.15 Å². The zero-order valence-corrected chi connectivity index (χ0v) is 12.5. The molecular formula is C12H14Cl2N4O. The summed E-state index contributed by atoms with van der Waals surface area (Å²) in [7, 11) is 1.60. The molecule has 0 saturated heterocycles. The Kier molecular flexibility index (Phi) is 4.39. The molecule has 0 atom stereocenters. The van der Waals surface area contributed by atoms with Crippen LogP contribution in [0.15, 0.2) is 6.07 Å². The van der Waals surface area contributed by atoms with Crippen LogP contribution in [0.3, 0.4) is 0 Å². The van der Waals surface area contributed by atoms with E-state index in [4.69, 9.17) is 27.9 Å². The summed E-state index contributed by atoms with van der Waals surface area (Å²) in [4.78, 5) is 8.67. The van der Waals surface area contributed by atoms with Crippen molar-refractivity contribution in [3.63, 3.8) is 0 Å². The predicted molar refractivity (Wildman–Crippen MR) is 73.9 cm³/mol. The fourth-order valence-electron chi connectivity index (χ4n) is 1.79. The molecule has 0 bridgehead atoms. The normalized spacial score (nSPS) is 11.0. The van der Waals surface area contributed by atoms with Crippen LogP contribution in [-0.4, -0.2) is 26.9 Å². The fourth-order valence-corrected chi connectivity index (χ4v) is 2.43. The van der Waals surface area contributed by atoms with E-state index >= 15 is 0 Å². The molecule has 0 aliphatic carbocycles. The predicted octanol–water partition coefficient (Wildman–Crippen LogP) is 2.82. The van der Waals surface area contributed by atoms with Crippen molar-refractivity contribution in [2.24, 2.45) is 0 Å². The molecular weight excluding hydrogens is 287 g/mol. The van der Waals surface area contributed by atoms with Crippen molar-refractivity contribution in [2.45, 2.75) is 26.3 Å². The van der Waals surface area contributed by atoms with Crippen molar-refractivity contribution >= 4 is 23.2 Å². The molecule has 2 heterocycles. The van der Waals surface area contributed by atoms with Crippen LogP contribution in [-0.2, 0) is 17.2 Å². The van der Waals surface area contributed by atoms with E-state index in [2.05, 4.69) is 15.1 Å². The molecule has 0 unspecified atom stereocenters. The summed E-state index contributed by atoms with van der Waals surface area (Å²) < 4.78 is 6.58. The van der Waals surface area contributed by atoms with Gasteiger partial charge in [-0.2, -0.15) is 9.78 Å². The average Bonchev–Trinajstić information content (AvgIpc) is 2.65. The van der Waals surface area contributed by atoms with Gasteiger partial charge in [-0.3, -0.25) is 0 Å². The van der Waals surface area contributed by atoms with Crippen molar-refractivity contribution in [3.05, 3.63) is 33.9 Å². The van der Waals surface area contributed by atoms with Gasteiger partial charge in [-0.05, 0) is 19.9 Å². The zero-order valence-electron chi connectivity index (χ0n) is 10.9. The largest absolute Gasteiger partial charge is 0.378 e. The molecule has 0 spiro atoms.